The summed E-state index contributed by atoms with van der Waals surface area (Å²) < 4.78 is 5.11. The zero-order valence-electron chi connectivity index (χ0n) is 26.3. The van der Waals surface area contributed by atoms with E-state index in [2.05, 4.69) is 0 Å². The molecule has 0 spiro atoms. The first-order valence-electron chi connectivity index (χ1n) is 14.8. The summed E-state index contributed by atoms with van der Waals surface area (Å²) >= 11 is 0. The molecule has 4 atom stereocenters. The smallest absolute Gasteiger partial charge is 0.681 e. The average Bonchev–Trinajstić information content (AvgIpc) is 3.73. The first-order chi connectivity index (χ1) is 21.0. The van der Waals surface area contributed by atoms with Crippen LogP contribution in [-0.4, -0.2) is 64.1 Å². The normalized spacial score (nSPS) is 24.6. The molecule has 10 nitrogen and oxygen atoms in total. The van der Waals surface area contributed by atoms with E-state index in [-0.39, 0.29) is 41.3 Å². The number of esters is 1. The number of aliphatic carboxylic acids is 1. The molecule has 1 aliphatic carbocycles. The van der Waals surface area contributed by atoms with Crippen LogP contribution in [0.5, 0.6) is 0 Å². The number of aliphatic hydroxyl groups excluding tert-OH is 1. The minimum Gasteiger partial charge on any atom is -0.681 e. The molecule has 3 aromatic rings. The molecule has 1 unspecified atom stereocenters. The van der Waals surface area contributed by atoms with Crippen LogP contribution < -0.4 is 36.2 Å². The van der Waals surface area contributed by atoms with E-state index >= 15 is 0 Å². The number of ether oxygens (including phenoxy) is 1. The number of allylic oxidation sites excluding steroid dienone is 1. The number of rotatable bonds is 5. The quantitative estimate of drug-likeness (QED) is 0.242. The Morgan fingerprint density at radius 2 is 1.64 bits per heavy atom. The van der Waals surface area contributed by atoms with Crippen molar-refractivity contribution in [2.24, 2.45) is 17.8 Å². The van der Waals surface area contributed by atoms with Crippen molar-refractivity contribution in [2.45, 2.75) is 59.9 Å². The second-order valence-electron chi connectivity index (χ2n) is 11.8. The number of methoxy groups -OCH3 is 1. The standard InChI is InChI=1S/C34H34N4O6.Mg/c1-7-18-20(13-39)26-11-22-15(3)14(2)21(35-22)10-23-16(4)19(8-9-27(40)41)31(37-23)29-30(34(43)44-6)33(42)28-17(5)24(38-32(28)29)12-25(18)36-26;/h10-13,16,19,30-31H,7-9H2,1-6H3,(H,39,42)(H,40,41);/q-4;+2/b23-10-,26-11-;/t16-,19-,30+,31?;/m0./s1. The first kappa shape index (κ1) is 32.4. The Morgan fingerprint density at radius 1 is 0.978 bits per heavy atom. The third-order valence-corrected chi connectivity index (χ3v) is 9.61. The number of nitrogens with zero attached hydrogens (tertiary/aromatic N) is 4. The molecule has 6 rings (SSSR count). The van der Waals surface area contributed by atoms with E-state index < -0.39 is 29.7 Å². The molecule has 1 fully saturated rings. The number of carbonyl (C=O) groups is 3. The zero-order valence-corrected chi connectivity index (χ0v) is 27.7. The van der Waals surface area contributed by atoms with Crippen LogP contribution in [-0.2, 0) is 20.7 Å². The summed E-state index contributed by atoms with van der Waals surface area (Å²) in [4.78, 5) is 53.6. The summed E-state index contributed by atoms with van der Waals surface area (Å²) in [5.41, 5.74) is 6.93. The van der Waals surface area contributed by atoms with Crippen molar-refractivity contribution in [1.29, 1.82) is 0 Å². The van der Waals surface area contributed by atoms with E-state index in [4.69, 9.17) is 25.0 Å². The van der Waals surface area contributed by atoms with Crippen LogP contribution in [0.25, 0.3) is 35.4 Å². The van der Waals surface area contributed by atoms with Crippen molar-refractivity contribution >= 4 is 70.8 Å². The van der Waals surface area contributed by atoms with E-state index in [1.165, 1.54) is 7.11 Å². The third kappa shape index (κ3) is 5.06. The van der Waals surface area contributed by atoms with Gasteiger partial charge in [0, 0.05) is 12.0 Å². The van der Waals surface area contributed by atoms with Crippen LogP contribution in [0.1, 0.15) is 76.4 Å². The number of fused-ring (bicyclic) bond motifs is 8. The summed E-state index contributed by atoms with van der Waals surface area (Å²) in [5, 5.41) is 27.0. The van der Waals surface area contributed by atoms with Crippen molar-refractivity contribution < 1.29 is 29.3 Å². The fraction of sp³-hybridized carbons (Fsp3) is 0.382. The number of aliphatic hydroxyl groups is 1. The van der Waals surface area contributed by atoms with Gasteiger partial charge in [-0.05, 0) is 50.7 Å². The molecule has 0 amide bonds. The van der Waals surface area contributed by atoms with E-state index in [9.17, 15) is 24.6 Å². The summed E-state index contributed by atoms with van der Waals surface area (Å²) in [7, 11) is 1.25. The Hall–Kier alpha value is -3.96. The van der Waals surface area contributed by atoms with E-state index in [1.807, 2.05) is 45.9 Å². The maximum absolute atomic E-state index is 14.0. The van der Waals surface area contributed by atoms with Gasteiger partial charge in [-0.2, -0.15) is 5.70 Å². The molecule has 5 heterocycles. The van der Waals surface area contributed by atoms with Crippen molar-refractivity contribution in [2.75, 3.05) is 7.11 Å². The first-order valence-corrected chi connectivity index (χ1v) is 14.8. The monoisotopic (exact) mass is 618 g/mol. The van der Waals surface area contributed by atoms with Gasteiger partial charge in [0.25, 0.3) is 0 Å². The molecule has 8 bridgehead atoms. The second-order valence-corrected chi connectivity index (χ2v) is 11.8. The number of hydrogen-bond acceptors (Lipinski definition) is 5. The van der Waals surface area contributed by atoms with Crippen LogP contribution >= 0.6 is 0 Å². The predicted molar refractivity (Wildman–Crippen MR) is 169 cm³/mol. The van der Waals surface area contributed by atoms with Crippen LogP contribution in [0.3, 0.4) is 0 Å². The number of carboxylic acid groups (broad SMARTS) is 1. The topological polar surface area (TPSA) is 157 Å². The molecule has 0 aromatic carbocycles. The number of aromatic nitrogens is 3. The van der Waals surface area contributed by atoms with E-state index in [1.54, 1.807) is 6.92 Å². The molecule has 11 heteroatoms. The molecule has 0 radical (unpaired) electrons. The van der Waals surface area contributed by atoms with Gasteiger partial charge in [-0.1, -0.05) is 65.9 Å². The minimum atomic E-state index is -1.22. The number of hydrogen-bond donors (Lipinski definition) is 2. The van der Waals surface area contributed by atoms with Crippen LogP contribution in [0.15, 0.2) is 5.70 Å². The molecule has 1 saturated heterocycles. The molecule has 2 aliphatic heterocycles. The predicted octanol–water partition coefficient (Wildman–Crippen LogP) is 0.982. The third-order valence-electron chi connectivity index (χ3n) is 9.61. The summed E-state index contributed by atoms with van der Waals surface area (Å²) in [6.45, 7) is 9.73. The molecule has 2 N–H and O–H groups in total. The Morgan fingerprint density at radius 3 is 2.27 bits per heavy atom. The summed E-state index contributed by atoms with van der Waals surface area (Å²) in [5.74, 6) is -3.72. The van der Waals surface area contributed by atoms with Crippen LogP contribution in [0.4, 0.5) is 0 Å². The molecule has 3 aliphatic rings. The molecule has 3 aromatic heterocycles. The van der Waals surface area contributed by atoms with Crippen molar-refractivity contribution in [3.63, 3.8) is 0 Å². The maximum Gasteiger partial charge on any atom is 2.00 e. The van der Waals surface area contributed by atoms with Crippen molar-refractivity contribution in [1.82, 2.24) is 15.0 Å². The number of carboxylic acids is 1. The van der Waals surface area contributed by atoms with E-state index in [0.717, 1.165) is 34.3 Å². The molecular formula is C34H34MgN4O6-2. The molecular weight excluding hydrogens is 585 g/mol. The molecule has 45 heavy (non-hydrogen) atoms. The van der Waals surface area contributed by atoms with Gasteiger partial charge in [0.2, 0.25) is 0 Å². The number of carbonyl (C=O) groups excluding carboxylic acids is 2. The van der Waals surface area contributed by atoms with Gasteiger partial charge in [-0.15, -0.1) is 33.1 Å². The fourth-order valence-corrected chi connectivity index (χ4v) is 6.99. The van der Waals surface area contributed by atoms with Gasteiger partial charge in [-0.25, -0.2) is 0 Å². The summed E-state index contributed by atoms with van der Waals surface area (Å²) in [6.07, 6.45) is 7.46. The Bertz CT molecular complexity index is 2030. The second kappa shape index (κ2) is 12.1. The SMILES string of the molecule is CCc1c2[n-]c(/c1=C\O)=C\c1[n-]c(c(C)c1C)/C=C1\[N-]C(C3=c4[n-]/c(c(C)c4C(=O)[C@@H]3C(=O)OC)=C\2)[C@@H](CCC(=O)O)[C@@H]1C.[Mg+2]. The Balaban J connectivity index is 0.00000400. The van der Waals surface area contributed by atoms with Gasteiger partial charge >= 0.3 is 35.0 Å². The van der Waals surface area contributed by atoms with Crippen molar-refractivity contribution in [3.8, 4) is 0 Å². The van der Waals surface area contributed by atoms with Gasteiger partial charge in [-0.3, -0.25) is 14.4 Å². The zero-order chi connectivity index (χ0) is 31.6. The molecule has 230 valence electrons. The van der Waals surface area contributed by atoms with Gasteiger partial charge < -0.3 is 35.2 Å². The summed E-state index contributed by atoms with van der Waals surface area (Å²) in [6, 6.07) is -0.659. The van der Waals surface area contributed by atoms with Gasteiger partial charge in [0.15, 0.2) is 5.78 Å². The number of Topliss-reactive ketones (excluding diaryl/α,β-unsaturated/α-hetero) is 1. The fourth-order valence-electron chi connectivity index (χ4n) is 6.99. The number of ketones is 1. The van der Waals surface area contributed by atoms with Crippen LogP contribution in [0, 0.1) is 38.5 Å². The molecule has 0 saturated carbocycles. The maximum atomic E-state index is 14.0. The minimum absolute atomic E-state index is 0. The van der Waals surface area contributed by atoms with Gasteiger partial charge in [0.1, 0.15) is 5.92 Å². The average molecular weight is 619 g/mol. The van der Waals surface area contributed by atoms with Crippen molar-refractivity contribution in [3.05, 3.63) is 77.2 Å². The Labute approximate surface area is 276 Å². The van der Waals surface area contributed by atoms with Gasteiger partial charge in [0.05, 0.1) is 13.4 Å². The van der Waals surface area contributed by atoms with E-state index in [0.29, 0.717) is 62.2 Å². The van der Waals surface area contributed by atoms with Crippen LogP contribution in [0.2, 0.25) is 0 Å². The Kier molecular flexibility index (Phi) is 8.71. The largest absolute Gasteiger partial charge is 2.00 e.